The number of aromatic nitrogens is 3. The molecule has 0 bridgehead atoms. The molecule has 1 N–H and O–H groups in total. The maximum Gasteiger partial charge on any atom is 0.417 e. The second-order valence-electron chi connectivity index (χ2n) is 11.5. The number of nitrogens with one attached hydrogen (secondary N) is 1. The van der Waals surface area contributed by atoms with Crippen molar-refractivity contribution in [1.82, 2.24) is 24.3 Å². The molecule has 0 aliphatic carbocycles. The largest absolute Gasteiger partial charge is 0.417 e. The number of H-pyrrole nitrogens is 1. The molecule has 3 aromatic heterocycles. The second-order valence-corrected chi connectivity index (χ2v) is 11.5. The lowest BCUT2D eigenvalue weighted by atomic mass is 9.98. The van der Waals surface area contributed by atoms with Gasteiger partial charge in [0, 0.05) is 43.0 Å². The zero-order chi connectivity index (χ0) is 28.8. The highest BCUT2D eigenvalue weighted by atomic mass is 19.1. The molecule has 1 saturated heterocycles. The summed E-state index contributed by atoms with van der Waals surface area (Å²) in [5, 5.41) is 1.08. The van der Waals surface area contributed by atoms with E-state index in [1.54, 1.807) is 17.2 Å². The van der Waals surface area contributed by atoms with Crippen molar-refractivity contribution in [3.63, 3.8) is 0 Å². The fourth-order valence-corrected chi connectivity index (χ4v) is 6.30. The van der Waals surface area contributed by atoms with E-state index in [9.17, 15) is 14.0 Å². The Hall–Kier alpha value is -4.24. The molecule has 9 heteroatoms. The average molecular weight is 556 g/mol. The Morgan fingerprint density at radius 2 is 1.95 bits per heavy atom. The first-order valence-electron chi connectivity index (χ1n) is 14.1. The van der Waals surface area contributed by atoms with E-state index in [0.29, 0.717) is 22.4 Å². The zero-order valence-electron chi connectivity index (χ0n) is 23.7. The van der Waals surface area contributed by atoms with Crippen molar-refractivity contribution in [2.24, 2.45) is 0 Å². The third-order valence-electron chi connectivity index (χ3n) is 8.04. The molecule has 1 unspecified atom stereocenters. The van der Waals surface area contributed by atoms with Gasteiger partial charge in [-0.05, 0) is 94.1 Å². The van der Waals surface area contributed by atoms with Gasteiger partial charge in [-0.1, -0.05) is 6.07 Å². The molecule has 6 rings (SSSR count). The van der Waals surface area contributed by atoms with E-state index in [4.69, 9.17) is 4.42 Å². The molecular formula is C32H34FN5O3. The summed E-state index contributed by atoms with van der Waals surface area (Å²) >= 11 is 0. The van der Waals surface area contributed by atoms with Gasteiger partial charge in [0.25, 0.3) is 5.91 Å². The lowest BCUT2D eigenvalue weighted by Crippen LogP contribution is -2.42. The van der Waals surface area contributed by atoms with Crippen LogP contribution in [0.3, 0.4) is 0 Å². The maximum atomic E-state index is 14.5. The number of rotatable bonds is 7. The summed E-state index contributed by atoms with van der Waals surface area (Å²) in [7, 11) is 0. The Morgan fingerprint density at radius 3 is 2.73 bits per heavy atom. The molecule has 8 nitrogen and oxygen atoms in total. The molecule has 2 aromatic carbocycles. The number of pyridine rings is 1. The minimum absolute atomic E-state index is 0.0313. The number of carbonyl (C=O) groups is 1. The van der Waals surface area contributed by atoms with Gasteiger partial charge in [0.15, 0.2) is 5.58 Å². The Kier molecular flexibility index (Phi) is 6.99. The number of benzene rings is 2. The van der Waals surface area contributed by atoms with Crippen molar-refractivity contribution >= 4 is 27.9 Å². The van der Waals surface area contributed by atoms with Crippen LogP contribution in [0.15, 0.2) is 70.3 Å². The first-order chi connectivity index (χ1) is 19.7. The predicted molar refractivity (Wildman–Crippen MR) is 157 cm³/mol. The number of carbonyl (C=O) groups excluding carboxylic acids is 1. The van der Waals surface area contributed by atoms with Crippen LogP contribution in [0.25, 0.3) is 27.7 Å². The van der Waals surface area contributed by atoms with Crippen molar-refractivity contribution in [2.45, 2.75) is 58.7 Å². The van der Waals surface area contributed by atoms with Gasteiger partial charge in [0.05, 0.1) is 28.5 Å². The minimum atomic E-state index is -0.448. The number of amides is 1. The topological polar surface area (TPSA) is 87.4 Å². The molecule has 1 aliphatic heterocycles. The number of nitrogens with zero attached hydrogens (tertiary/aromatic N) is 4. The normalized spacial score (nSPS) is 16.0. The lowest BCUT2D eigenvalue weighted by molar-refractivity contribution is 0.0643. The molecule has 212 valence electrons. The van der Waals surface area contributed by atoms with E-state index in [0.717, 1.165) is 42.5 Å². The highest BCUT2D eigenvalue weighted by molar-refractivity contribution is 5.99. The van der Waals surface area contributed by atoms with Crippen LogP contribution in [0.4, 0.5) is 4.39 Å². The number of oxazole rings is 1. The molecule has 1 aliphatic rings. The van der Waals surface area contributed by atoms with Gasteiger partial charge in [-0.2, -0.15) is 0 Å². The lowest BCUT2D eigenvalue weighted by Gasteiger charge is -2.31. The molecule has 4 heterocycles. The second kappa shape index (κ2) is 10.6. The van der Waals surface area contributed by atoms with Crippen LogP contribution in [0.1, 0.15) is 61.5 Å². The van der Waals surface area contributed by atoms with Gasteiger partial charge in [-0.25, -0.2) is 9.18 Å². The van der Waals surface area contributed by atoms with Gasteiger partial charge in [-0.15, -0.1) is 0 Å². The third kappa shape index (κ3) is 5.06. The van der Waals surface area contributed by atoms with E-state index in [1.807, 2.05) is 62.7 Å². The SMILES string of the molecule is CC(C)N(C(=O)c1cc(F)ccc1-n1cc(C2CCN(Cc3ccc4oc(=O)[nH]c4c3)C2)c2ccncc21)C(C)C. The molecule has 1 amide bonds. The van der Waals surface area contributed by atoms with Gasteiger partial charge < -0.3 is 13.9 Å². The van der Waals surface area contributed by atoms with E-state index >= 15 is 0 Å². The molecule has 0 saturated carbocycles. The first-order valence-corrected chi connectivity index (χ1v) is 14.1. The Balaban J connectivity index is 1.33. The fraction of sp³-hybridized carbons (Fsp3) is 0.344. The standard InChI is InChI=1S/C32H34FN5O3/c1-19(2)38(20(3)4)31(39)25-14-23(33)6-7-28(25)37-18-26(24-9-11-34-15-29(24)37)22-10-12-36(17-22)16-21-5-8-30-27(13-21)35-32(40)41-30/h5-9,11,13-15,18-20,22H,10,12,16-17H2,1-4H3,(H,35,40). The van der Waals surface area contributed by atoms with Crippen molar-refractivity contribution in [3.05, 3.63) is 94.1 Å². The Labute approximate surface area is 237 Å². The van der Waals surface area contributed by atoms with Crippen LogP contribution in [-0.4, -0.2) is 55.4 Å². The smallest absolute Gasteiger partial charge is 0.408 e. The van der Waals surface area contributed by atoms with Crippen LogP contribution in [0, 0.1) is 5.82 Å². The number of hydrogen-bond donors (Lipinski definition) is 1. The van der Waals surface area contributed by atoms with E-state index in [2.05, 4.69) is 21.1 Å². The monoisotopic (exact) mass is 555 g/mol. The van der Waals surface area contributed by atoms with E-state index in [-0.39, 0.29) is 23.9 Å². The molecule has 41 heavy (non-hydrogen) atoms. The van der Waals surface area contributed by atoms with Crippen molar-refractivity contribution in [3.8, 4) is 5.69 Å². The molecule has 1 atom stereocenters. The van der Waals surface area contributed by atoms with Gasteiger partial charge >= 0.3 is 5.76 Å². The van der Waals surface area contributed by atoms with E-state index < -0.39 is 11.6 Å². The quantitative estimate of drug-likeness (QED) is 0.272. The average Bonchev–Trinajstić information content (AvgIpc) is 3.64. The van der Waals surface area contributed by atoms with Crippen LogP contribution >= 0.6 is 0 Å². The van der Waals surface area contributed by atoms with Crippen LogP contribution in [-0.2, 0) is 6.54 Å². The summed E-state index contributed by atoms with van der Waals surface area (Å²) in [5.74, 6) is -0.805. The number of aromatic amines is 1. The summed E-state index contributed by atoms with van der Waals surface area (Å²) in [6.07, 6.45) is 6.68. The number of hydrogen-bond acceptors (Lipinski definition) is 5. The Morgan fingerprint density at radius 1 is 1.15 bits per heavy atom. The number of halogens is 1. The summed E-state index contributed by atoms with van der Waals surface area (Å²) in [5.41, 5.74) is 5.42. The molecular weight excluding hydrogens is 521 g/mol. The summed E-state index contributed by atoms with van der Waals surface area (Å²) in [6.45, 7) is 10.5. The minimum Gasteiger partial charge on any atom is -0.408 e. The van der Waals surface area contributed by atoms with Crippen LogP contribution in [0.2, 0.25) is 0 Å². The summed E-state index contributed by atoms with van der Waals surface area (Å²) < 4.78 is 21.7. The highest BCUT2D eigenvalue weighted by Crippen LogP contribution is 2.36. The fourth-order valence-electron chi connectivity index (χ4n) is 6.30. The predicted octanol–water partition coefficient (Wildman–Crippen LogP) is 5.85. The molecule has 0 spiro atoms. The van der Waals surface area contributed by atoms with Crippen molar-refractivity contribution < 1.29 is 13.6 Å². The zero-order valence-corrected chi connectivity index (χ0v) is 23.7. The first kappa shape index (κ1) is 27.0. The maximum absolute atomic E-state index is 14.5. The molecule has 1 fully saturated rings. The summed E-state index contributed by atoms with van der Waals surface area (Å²) in [4.78, 5) is 36.6. The van der Waals surface area contributed by atoms with Gasteiger partial charge in [-0.3, -0.25) is 19.7 Å². The highest BCUT2D eigenvalue weighted by Gasteiger charge is 2.29. The van der Waals surface area contributed by atoms with Crippen molar-refractivity contribution in [2.75, 3.05) is 13.1 Å². The van der Waals surface area contributed by atoms with Crippen molar-refractivity contribution in [1.29, 1.82) is 0 Å². The molecule has 5 aromatic rings. The third-order valence-corrected chi connectivity index (χ3v) is 8.04. The molecule has 0 radical (unpaired) electrons. The van der Waals surface area contributed by atoms with Crippen LogP contribution < -0.4 is 5.76 Å². The number of likely N-dealkylation sites (tertiary alicyclic amines) is 1. The Bertz CT molecular complexity index is 1790. The van der Waals surface area contributed by atoms with E-state index in [1.165, 1.54) is 17.7 Å². The summed E-state index contributed by atoms with van der Waals surface area (Å²) in [6, 6.07) is 12.2. The van der Waals surface area contributed by atoms with Gasteiger partial charge in [0.2, 0.25) is 0 Å². The van der Waals surface area contributed by atoms with Gasteiger partial charge in [0.1, 0.15) is 5.82 Å². The number of fused-ring (bicyclic) bond motifs is 2. The van der Waals surface area contributed by atoms with Crippen LogP contribution in [0.5, 0.6) is 0 Å².